The summed E-state index contributed by atoms with van der Waals surface area (Å²) in [5.41, 5.74) is 0.0380. The predicted octanol–water partition coefficient (Wildman–Crippen LogP) is 5.70. The Bertz CT molecular complexity index is 1250. The van der Waals surface area contributed by atoms with Gasteiger partial charge in [-0.15, -0.1) is 0 Å². The van der Waals surface area contributed by atoms with Gasteiger partial charge in [0.1, 0.15) is 28.5 Å². The molecule has 1 aliphatic carbocycles. The quantitative estimate of drug-likeness (QED) is 0.501. The highest BCUT2D eigenvalue weighted by molar-refractivity contribution is 5.87. The van der Waals surface area contributed by atoms with Crippen molar-refractivity contribution in [2.24, 2.45) is 0 Å². The van der Waals surface area contributed by atoms with Gasteiger partial charge >= 0.3 is 12.1 Å². The second-order valence-corrected chi connectivity index (χ2v) is 9.56. The Morgan fingerprint density at radius 3 is 2.35 bits per heavy atom. The number of nitrogens with one attached hydrogen (secondary N) is 1. The molecule has 7 heteroatoms. The van der Waals surface area contributed by atoms with Crippen LogP contribution < -0.4 is 10.1 Å². The number of halogens is 1. The summed E-state index contributed by atoms with van der Waals surface area (Å²) in [6.45, 7) is 5.29. The van der Waals surface area contributed by atoms with Crippen LogP contribution in [-0.4, -0.2) is 30.3 Å². The Morgan fingerprint density at radius 1 is 0.941 bits per heavy atom. The van der Waals surface area contributed by atoms with Crippen molar-refractivity contribution in [1.82, 2.24) is 5.32 Å². The Kier molecular flexibility index (Phi) is 6.21. The lowest BCUT2D eigenvalue weighted by molar-refractivity contribution is -0.149. The number of amides is 1. The van der Waals surface area contributed by atoms with Gasteiger partial charge < -0.3 is 19.5 Å². The van der Waals surface area contributed by atoms with Gasteiger partial charge in [0.05, 0.1) is 7.11 Å². The minimum absolute atomic E-state index is 0.252. The van der Waals surface area contributed by atoms with Gasteiger partial charge in [-0.25, -0.2) is 14.0 Å². The third-order valence-corrected chi connectivity index (χ3v) is 5.82. The molecule has 3 aromatic rings. The molecule has 178 valence electrons. The monoisotopic (exact) mass is 465 g/mol. The van der Waals surface area contributed by atoms with Gasteiger partial charge in [0, 0.05) is 6.42 Å². The van der Waals surface area contributed by atoms with Gasteiger partial charge in [-0.2, -0.15) is 0 Å². The lowest BCUT2D eigenvalue weighted by Crippen LogP contribution is -2.59. The molecule has 0 radical (unpaired) electrons. The van der Waals surface area contributed by atoms with Crippen molar-refractivity contribution in [2.75, 3.05) is 7.11 Å². The number of aryl methyl sites for hydroxylation is 1. The molecule has 3 aromatic carbocycles. The van der Waals surface area contributed by atoms with Gasteiger partial charge in [0.2, 0.25) is 0 Å². The highest BCUT2D eigenvalue weighted by Gasteiger charge is 2.44. The number of fused-ring (bicyclic) bond motifs is 2. The first kappa shape index (κ1) is 23.5. The lowest BCUT2D eigenvalue weighted by Gasteiger charge is -2.36. The second-order valence-electron chi connectivity index (χ2n) is 9.56. The van der Waals surface area contributed by atoms with E-state index in [2.05, 4.69) is 5.32 Å². The van der Waals surface area contributed by atoms with Crippen LogP contribution in [0.15, 0.2) is 54.6 Å². The molecular formula is C27H28FNO5. The Morgan fingerprint density at radius 2 is 1.62 bits per heavy atom. The number of benzene rings is 3. The van der Waals surface area contributed by atoms with E-state index >= 15 is 0 Å². The first-order chi connectivity index (χ1) is 16.1. The fraction of sp³-hybridized carbons (Fsp3) is 0.333. The molecule has 0 fully saturated rings. The third kappa shape index (κ3) is 5.14. The van der Waals surface area contributed by atoms with Crippen LogP contribution in [-0.2, 0) is 27.1 Å². The number of carbonyl (C=O) groups excluding carboxylic acids is 2. The molecule has 34 heavy (non-hydrogen) atoms. The minimum atomic E-state index is -1.23. The van der Waals surface area contributed by atoms with Crippen LogP contribution in [0.2, 0.25) is 0 Å². The van der Waals surface area contributed by atoms with E-state index in [1.54, 1.807) is 39.0 Å². The fourth-order valence-corrected chi connectivity index (χ4v) is 4.26. The topological polar surface area (TPSA) is 73.9 Å². The molecule has 1 amide bonds. The largest absolute Gasteiger partial charge is 0.467 e. The molecule has 0 aromatic heterocycles. The van der Waals surface area contributed by atoms with Gasteiger partial charge in [0.15, 0.2) is 0 Å². The Balaban J connectivity index is 1.58. The van der Waals surface area contributed by atoms with Crippen LogP contribution in [0.4, 0.5) is 9.18 Å². The molecule has 1 unspecified atom stereocenters. The number of hydrogen-bond acceptors (Lipinski definition) is 5. The standard InChI is InChI=1S/C27H28FNO5/c1-26(2,3)34-25(31)29-27(24(30)32-4)12-11-17-6-9-23(15-20(17)16-27)33-22-10-7-18-13-21(28)8-5-19(18)14-22/h5-10,13-15H,11-12,16H2,1-4H3,(H,29,31). The lowest BCUT2D eigenvalue weighted by atomic mass is 9.78. The number of esters is 1. The molecular weight excluding hydrogens is 437 g/mol. The molecule has 1 aliphatic rings. The summed E-state index contributed by atoms with van der Waals surface area (Å²) in [6, 6.07) is 15.7. The molecule has 0 saturated carbocycles. The summed E-state index contributed by atoms with van der Waals surface area (Å²) in [7, 11) is 1.31. The maximum atomic E-state index is 13.5. The summed E-state index contributed by atoms with van der Waals surface area (Å²) in [6.07, 6.45) is 0.569. The van der Waals surface area contributed by atoms with E-state index < -0.39 is 23.2 Å². The van der Waals surface area contributed by atoms with E-state index in [1.807, 2.05) is 24.3 Å². The van der Waals surface area contributed by atoms with E-state index in [4.69, 9.17) is 14.2 Å². The molecule has 0 spiro atoms. The zero-order valence-electron chi connectivity index (χ0n) is 19.7. The van der Waals surface area contributed by atoms with E-state index in [9.17, 15) is 14.0 Å². The first-order valence-corrected chi connectivity index (χ1v) is 11.2. The number of methoxy groups -OCH3 is 1. The fourth-order valence-electron chi connectivity index (χ4n) is 4.26. The SMILES string of the molecule is COC(=O)C1(NC(=O)OC(C)(C)C)CCc2ccc(Oc3ccc4cc(F)ccc4c3)cc2C1. The van der Waals surface area contributed by atoms with Gasteiger partial charge in [-0.3, -0.25) is 0 Å². The van der Waals surface area contributed by atoms with E-state index in [-0.39, 0.29) is 12.2 Å². The smallest absolute Gasteiger partial charge is 0.408 e. The summed E-state index contributed by atoms with van der Waals surface area (Å²) in [5, 5.41) is 4.42. The molecule has 6 nitrogen and oxygen atoms in total. The number of carbonyl (C=O) groups is 2. The number of alkyl carbamates (subject to hydrolysis) is 1. The summed E-state index contributed by atoms with van der Waals surface area (Å²) >= 11 is 0. The molecule has 0 aliphatic heterocycles. The molecule has 0 saturated heterocycles. The van der Waals surface area contributed by atoms with Crippen molar-refractivity contribution >= 4 is 22.8 Å². The van der Waals surface area contributed by atoms with Crippen molar-refractivity contribution in [1.29, 1.82) is 0 Å². The van der Waals surface area contributed by atoms with Crippen molar-refractivity contribution in [3.63, 3.8) is 0 Å². The third-order valence-electron chi connectivity index (χ3n) is 5.82. The van der Waals surface area contributed by atoms with Crippen LogP contribution in [0, 0.1) is 5.82 Å². The maximum absolute atomic E-state index is 13.5. The van der Waals surface area contributed by atoms with Gasteiger partial charge in [0.25, 0.3) is 0 Å². The van der Waals surface area contributed by atoms with Crippen LogP contribution in [0.3, 0.4) is 0 Å². The maximum Gasteiger partial charge on any atom is 0.408 e. The number of ether oxygens (including phenoxy) is 3. The summed E-state index contributed by atoms with van der Waals surface area (Å²) in [5.74, 6) is 0.404. The molecule has 1 atom stereocenters. The zero-order chi connectivity index (χ0) is 24.5. The van der Waals surface area contributed by atoms with E-state index in [1.165, 1.54) is 19.2 Å². The predicted molar refractivity (Wildman–Crippen MR) is 127 cm³/mol. The molecule has 4 rings (SSSR count). The van der Waals surface area contributed by atoms with Gasteiger partial charge in [-0.05, 0) is 91.9 Å². The summed E-state index contributed by atoms with van der Waals surface area (Å²) in [4.78, 5) is 25.3. The second kappa shape index (κ2) is 8.97. The Labute approximate surface area is 198 Å². The highest BCUT2D eigenvalue weighted by atomic mass is 19.1. The zero-order valence-corrected chi connectivity index (χ0v) is 19.7. The van der Waals surface area contributed by atoms with Crippen molar-refractivity contribution in [2.45, 2.75) is 51.2 Å². The van der Waals surface area contributed by atoms with Crippen LogP contribution in [0.25, 0.3) is 10.8 Å². The van der Waals surface area contributed by atoms with Crippen molar-refractivity contribution in [3.8, 4) is 11.5 Å². The van der Waals surface area contributed by atoms with E-state index in [0.717, 1.165) is 21.9 Å². The first-order valence-electron chi connectivity index (χ1n) is 11.2. The normalized spacial score (nSPS) is 17.6. The highest BCUT2D eigenvalue weighted by Crippen LogP contribution is 2.34. The summed E-state index contributed by atoms with van der Waals surface area (Å²) < 4.78 is 29.9. The van der Waals surface area contributed by atoms with Crippen molar-refractivity contribution in [3.05, 3.63) is 71.5 Å². The molecule has 0 heterocycles. The average molecular weight is 466 g/mol. The number of rotatable bonds is 4. The van der Waals surface area contributed by atoms with Crippen LogP contribution in [0.1, 0.15) is 38.3 Å². The number of hydrogen-bond donors (Lipinski definition) is 1. The van der Waals surface area contributed by atoms with Crippen molar-refractivity contribution < 1.29 is 28.2 Å². The minimum Gasteiger partial charge on any atom is -0.467 e. The molecule has 1 N–H and O–H groups in total. The Hall–Kier alpha value is -3.61. The molecule has 0 bridgehead atoms. The average Bonchev–Trinajstić information content (AvgIpc) is 2.77. The van der Waals surface area contributed by atoms with Crippen LogP contribution >= 0.6 is 0 Å². The van der Waals surface area contributed by atoms with Crippen LogP contribution in [0.5, 0.6) is 11.5 Å². The van der Waals surface area contributed by atoms with Gasteiger partial charge in [-0.1, -0.05) is 18.2 Å². The van der Waals surface area contributed by atoms with E-state index in [0.29, 0.717) is 24.3 Å².